The normalized spacial score (nSPS) is 11.2. The number of non-ortho nitro benzene ring substituents is 1. The van der Waals surface area contributed by atoms with Crippen molar-refractivity contribution < 1.29 is 22.9 Å². The molecule has 0 aliphatic rings. The second kappa shape index (κ2) is 4.63. The standard InChI is InChI=1S/C10H9F3N2O3/c1-6(16)14(2)8-3-7(10(11,12)13)4-9(5-8)15(17)18/h3-5H,1-2H3. The maximum atomic E-state index is 12.5. The predicted molar refractivity (Wildman–Crippen MR) is 57.2 cm³/mol. The van der Waals surface area contributed by atoms with Crippen LogP contribution >= 0.6 is 0 Å². The quantitative estimate of drug-likeness (QED) is 0.607. The molecule has 0 atom stereocenters. The van der Waals surface area contributed by atoms with Gasteiger partial charge in [-0.2, -0.15) is 13.2 Å². The average molecular weight is 262 g/mol. The minimum absolute atomic E-state index is 0.177. The van der Waals surface area contributed by atoms with Crippen LogP contribution in [0.3, 0.4) is 0 Å². The first-order chi connectivity index (χ1) is 8.12. The summed E-state index contributed by atoms with van der Waals surface area (Å²) in [6, 6.07) is 2.03. The van der Waals surface area contributed by atoms with E-state index in [-0.39, 0.29) is 5.69 Å². The van der Waals surface area contributed by atoms with E-state index in [9.17, 15) is 28.1 Å². The average Bonchev–Trinajstić information content (AvgIpc) is 2.26. The molecule has 0 fully saturated rings. The van der Waals surface area contributed by atoms with Crippen LogP contribution in [-0.4, -0.2) is 17.9 Å². The third-order valence-electron chi connectivity index (χ3n) is 2.30. The number of carbonyl (C=O) groups is 1. The summed E-state index contributed by atoms with van der Waals surface area (Å²) in [6.45, 7) is 1.14. The van der Waals surface area contributed by atoms with E-state index in [4.69, 9.17) is 0 Å². The summed E-state index contributed by atoms with van der Waals surface area (Å²) < 4.78 is 37.6. The molecule has 1 aromatic carbocycles. The van der Waals surface area contributed by atoms with E-state index >= 15 is 0 Å². The van der Waals surface area contributed by atoms with Gasteiger partial charge in [0, 0.05) is 26.1 Å². The summed E-state index contributed by atoms with van der Waals surface area (Å²) in [5, 5.41) is 10.6. The van der Waals surface area contributed by atoms with Gasteiger partial charge in [0.15, 0.2) is 0 Å². The van der Waals surface area contributed by atoms with Gasteiger partial charge in [0.1, 0.15) is 0 Å². The van der Waals surface area contributed by atoms with E-state index < -0.39 is 28.3 Å². The SMILES string of the molecule is CC(=O)N(C)c1cc([N+](=O)[O-])cc(C(F)(F)F)c1. The monoisotopic (exact) mass is 262 g/mol. The van der Waals surface area contributed by atoms with Crippen molar-refractivity contribution in [2.75, 3.05) is 11.9 Å². The van der Waals surface area contributed by atoms with Gasteiger partial charge in [0.05, 0.1) is 16.2 Å². The molecule has 0 N–H and O–H groups in total. The van der Waals surface area contributed by atoms with Gasteiger partial charge in [0.2, 0.25) is 5.91 Å². The molecule has 0 aromatic heterocycles. The molecule has 1 amide bonds. The summed E-state index contributed by atoms with van der Waals surface area (Å²) >= 11 is 0. The molecule has 18 heavy (non-hydrogen) atoms. The van der Waals surface area contributed by atoms with E-state index in [2.05, 4.69) is 0 Å². The van der Waals surface area contributed by atoms with Crippen molar-refractivity contribution in [2.45, 2.75) is 13.1 Å². The van der Waals surface area contributed by atoms with Gasteiger partial charge < -0.3 is 4.90 Å². The lowest BCUT2D eigenvalue weighted by atomic mass is 10.1. The van der Waals surface area contributed by atoms with E-state index in [0.717, 1.165) is 17.9 Å². The number of halogens is 3. The van der Waals surface area contributed by atoms with Crippen molar-refractivity contribution in [3.05, 3.63) is 33.9 Å². The number of nitro benzene ring substituents is 1. The fourth-order valence-electron chi connectivity index (χ4n) is 1.24. The Morgan fingerprint density at radius 2 is 1.89 bits per heavy atom. The molecule has 98 valence electrons. The largest absolute Gasteiger partial charge is 0.416 e. The Morgan fingerprint density at radius 3 is 2.28 bits per heavy atom. The molecule has 0 radical (unpaired) electrons. The molecule has 0 bridgehead atoms. The van der Waals surface area contributed by atoms with Crippen LogP contribution in [0.1, 0.15) is 12.5 Å². The first-order valence-electron chi connectivity index (χ1n) is 4.74. The molecule has 5 nitrogen and oxygen atoms in total. The zero-order valence-electron chi connectivity index (χ0n) is 9.49. The van der Waals surface area contributed by atoms with E-state index in [1.54, 1.807) is 0 Å². The van der Waals surface area contributed by atoms with Crippen molar-refractivity contribution in [3.63, 3.8) is 0 Å². The third-order valence-corrected chi connectivity index (χ3v) is 2.30. The molecule has 1 aromatic rings. The van der Waals surface area contributed by atoms with Crippen molar-refractivity contribution in [1.29, 1.82) is 0 Å². The van der Waals surface area contributed by atoms with E-state index in [1.807, 2.05) is 0 Å². The fraction of sp³-hybridized carbons (Fsp3) is 0.300. The Kier molecular flexibility index (Phi) is 3.59. The molecule has 0 unspecified atom stereocenters. The molecule has 0 heterocycles. The highest BCUT2D eigenvalue weighted by Crippen LogP contribution is 2.34. The van der Waals surface area contributed by atoms with Crippen LogP contribution < -0.4 is 4.90 Å². The molecule has 8 heteroatoms. The number of nitrogens with zero attached hydrogens (tertiary/aromatic N) is 2. The van der Waals surface area contributed by atoms with E-state index in [0.29, 0.717) is 12.1 Å². The zero-order chi connectivity index (χ0) is 14.1. The Balaban J connectivity index is 3.40. The zero-order valence-corrected chi connectivity index (χ0v) is 9.49. The molecule has 0 aliphatic carbocycles. The first-order valence-corrected chi connectivity index (χ1v) is 4.74. The van der Waals surface area contributed by atoms with Crippen LogP contribution in [0, 0.1) is 10.1 Å². The van der Waals surface area contributed by atoms with Crippen molar-refractivity contribution in [1.82, 2.24) is 0 Å². The molecule has 0 saturated carbocycles. The third kappa shape index (κ3) is 2.96. The minimum Gasteiger partial charge on any atom is -0.315 e. The number of nitro groups is 1. The van der Waals surface area contributed by atoms with Crippen LogP contribution in [0.2, 0.25) is 0 Å². The minimum atomic E-state index is -4.71. The van der Waals surface area contributed by atoms with Gasteiger partial charge in [-0.1, -0.05) is 0 Å². The van der Waals surface area contributed by atoms with Gasteiger partial charge in [-0.25, -0.2) is 0 Å². The van der Waals surface area contributed by atoms with Crippen LogP contribution in [0.25, 0.3) is 0 Å². The maximum absolute atomic E-state index is 12.5. The Hall–Kier alpha value is -2.12. The Bertz CT molecular complexity index is 500. The number of carbonyl (C=O) groups excluding carboxylic acids is 1. The van der Waals surface area contributed by atoms with Gasteiger partial charge in [-0.3, -0.25) is 14.9 Å². The maximum Gasteiger partial charge on any atom is 0.416 e. The highest BCUT2D eigenvalue weighted by Gasteiger charge is 2.33. The topological polar surface area (TPSA) is 63.5 Å². The number of benzene rings is 1. The summed E-state index contributed by atoms with van der Waals surface area (Å²) in [6.07, 6.45) is -4.71. The number of anilines is 1. The van der Waals surface area contributed by atoms with Crippen LogP contribution in [0.4, 0.5) is 24.5 Å². The fourth-order valence-corrected chi connectivity index (χ4v) is 1.24. The lowest BCUT2D eigenvalue weighted by Gasteiger charge is -2.16. The summed E-state index contributed by atoms with van der Waals surface area (Å²) in [4.78, 5) is 21.6. The Labute approximate surface area is 100.0 Å². The number of alkyl halides is 3. The highest BCUT2D eigenvalue weighted by molar-refractivity contribution is 5.91. The summed E-state index contributed by atoms with van der Waals surface area (Å²) in [7, 11) is 1.24. The van der Waals surface area contributed by atoms with Gasteiger partial charge in [-0.15, -0.1) is 0 Å². The molecule has 0 aliphatic heterocycles. The first kappa shape index (κ1) is 13.9. The number of hydrogen-bond acceptors (Lipinski definition) is 3. The van der Waals surface area contributed by atoms with E-state index in [1.165, 1.54) is 7.05 Å². The summed E-state index contributed by atoms with van der Waals surface area (Å²) in [5.41, 5.74) is -2.06. The molecular formula is C10H9F3N2O3. The molecular weight excluding hydrogens is 253 g/mol. The van der Waals surface area contributed by atoms with Crippen molar-refractivity contribution in [2.24, 2.45) is 0 Å². The van der Waals surface area contributed by atoms with Crippen LogP contribution in [-0.2, 0) is 11.0 Å². The van der Waals surface area contributed by atoms with Crippen molar-refractivity contribution in [3.8, 4) is 0 Å². The number of amides is 1. The number of rotatable bonds is 2. The van der Waals surface area contributed by atoms with Gasteiger partial charge in [0.25, 0.3) is 5.69 Å². The predicted octanol–water partition coefficient (Wildman–Crippen LogP) is 2.60. The lowest BCUT2D eigenvalue weighted by molar-refractivity contribution is -0.385. The molecule has 1 rings (SSSR count). The van der Waals surface area contributed by atoms with Gasteiger partial charge in [-0.05, 0) is 6.07 Å². The van der Waals surface area contributed by atoms with Crippen molar-refractivity contribution >= 4 is 17.3 Å². The second-order valence-electron chi connectivity index (χ2n) is 3.57. The second-order valence-corrected chi connectivity index (χ2v) is 3.57. The van der Waals surface area contributed by atoms with Crippen LogP contribution in [0.15, 0.2) is 18.2 Å². The number of hydrogen-bond donors (Lipinski definition) is 0. The Morgan fingerprint density at radius 1 is 1.33 bits per heavy atom. The smallest absolute Gasteiger partial charge is 0.315 e. The van der Waals surface area contributed by atoms with Crippen LogP contribution in [0.5, 0.6) is 0 Å². The molecule has 0 saturated heterocycles. The highest BCUT2D eigenvalue weighted by atomic mass is 19.4. The summed E-state index contributed by atoms with van der Waals surface area (Å²) in [5.74, 6) is -0.524. The van der Waals surface area contributed by atoms with Gasteiger partial charge >= 0.3 is 6.18 Å². The molecule has 0 spiro atoms. The lowest BCUT2D eigenvalue weighted by Crippen LogP contribution is -2.23.